The van der Waals surface area contributed by atoms with Crippen LogP contribution in [0.1, 0.15) is 62.5 Å². The van der Waals surface area contributed by atoms with Gasteiger partial charge in [0.25, 0.3) is 0 Å². The number of benzene rings is 2. The first-order chi connectivity index (χ1) is 16.4. The molecule has 0 saturated heterocycles. The van der Waals surface area contributed by atoms with Crippen molar-refractivity contribution >= 4 is 20.0 Å². The fraction of sp³-hybridized carbons (Fsp3) is 0.520. The van der Waals surface area contributed by atoms with E-state index in [0.29, 0.717) is 23.6 Å². The van der Waals surface area contributed by atoms with Crippen molar-refractivity contribution in [3.8, 4) is 0 Å². The van der Waals surface area contributed by atoms with Gasteiger partial charge >= 0.3 is 8.25 Å². The van der Waals surface area contributed by atoms with Crippen LogP contribution in [-0.4, -0.2) is 23.8 Å². The molecule has 0 aromatic heterocycles. The minimum Gasteiger partial charge on any atom is -0.312 e. The molecule has 3 rings (SSSR count). The Labute approximate surface area is 204 Å². The summed E-state index contributed by atoms with van der Waals surface area (Å²) in [6, 6.07) is 9.55. The van der Waals surface area contributed by atoms with E-state index < -0.39 is 19.9 Å². The summed E-state index contributed by atoms with van der Waals surface area (Å²) in [5.74, 6) is -0.353. The molecule has 1 saturated carbocycles. The maximum atomic E-state index is 14.5. The summed E-state index contributed by atoms with van der Waals surface area (Å²) in [6.45, 7) is 0.735. The van der Waals surface area contributed by atoms with Gasteiger partial charge in [-0.05, 0) is 73.6 Å². The Balaban J connectivity index is 1.43. The Kier molecular flexibility index (Phi) is 10.9. The quantitative estimate of drug-likeness (QED) is 0.161. The van der Waals surface area contributed by atoms with Gasteiger partial charge in [-0.2, -0.15) is 0 Å². The predicted molar refractivity (Wildman–Crippen MR) is 130 cm³/mol. The fourth-order valence-corrected chi connectivity index (χ4v) is 5.96. The Morgan fingerprint density at radius 2 is 1.79 bits per heavy atom. The number of nitrogens with one attached hydrogen (secondary N) is 1. The lowest BCUT2D eigenvalue weighted by Gasteiger charge is -2.30. The molecule has 2 N–H and O–H groups in total. The molecule has 1 unspecified atom stereocenters. The molecule has 0 radical (unpaired) electrons. The van der Waals surface area contributed by atoms with Crippen LogP contribution in [0.3, 0.4) is 0 Å². The minimum atomic E-state index is -2.61. The number of hydrogen-bond donors (Lipinski definition) is 2. The third kappa shape index (κ3) is 7.79. The highest BCUT2D eigenvalue weighted by Crippen LogP contribution is 2.45. The number of hydrogen-bond acceptors (Lipinski definition) is 4. The molecule has 0 spiro atoms. The van der Waals surface area contributed by atoms with Crippen molar-refractivity contribution in [2.24, 2.45) is 0 Å². The number of thioether (sulfide) groups is 1. The molecule has 34 heavy (non-hydrogen) atoms. The average Bonchev–Trinajstić information content (AvgIpc) is 3.28. The first-order valence-electron chi connectivity index (χ1n) is 11.8. The molecule has 2 aromatic carbocycles. The summed E-state index contributed by atoms with van der Waals surface area (Å²) in [5, 5.41) is 2.97. The zero-order valence-corrected chi connectivity index (χ0v) is 20.9. The van der Waals surface area contributed by atoms with E-state index >= 15 is 0 Å². The van der Waals surface area contributed by atoms with Crippen molar-refractivity contribution in [3.05, 3.63) is 65.0 Å². The maximum absolute atomic E-state index is 14.5. The molecule has 1 aliphatic carbocycles. The molecule has 2 aromatic rings. The van der Waals surface area contributed by atoms with Crippen LogP contribution in [0, 0.1) is 17.5 Å². The van der Waals surface area contributed by atoms with Gasteiger partial charge in [0, 0.05) is 21.6 Å². The van der Waals surface area contributed by atoms with Crippen molar-refractivity contribution in [3.63, 3.8) is 0 Å². The largest absolute Gasteiger partial charge is 0.694 e. The lowest BCUT2D eigenvalue weighted by molar-refractivity contribution is 0.276. The zero-order chi connectivity index (χ0) is 24.4. The van der Waals surface area contributed by atoms with Crippen LogP contribution in [0.2, 0.25) is 0 Å². The molecule has 0 aliphatic heterocycles. The molecule has 1 fully saturated rings. The number of halogens is 3. The highest BCUT2D eigenvalue weighted by Gasteiger charge is 2.36. The van der Waals surface area contributed by atoms with Crippen molar-refractivity contribution in [1.82, 2.24) is 5.32 Å². The molecule has 0 heterocycles. The van der Waals surface area contributed by atoms with Gasteiger partial charge in [-0.1, -0.05) is 37.5 Å². The normalized spacial score (nSPS) is 15.6. The molecule has 9 heteroatoms. The Hall–Kier alpha value is -1.44. The third-order valence-electron chi connectivity index (χ3n) is 6.43. The van der Waals surface area contributed by atoms with E-state index in [1.807, 2.05) is 12.1 Å². The zero-order valence-electron chi connectivity index (χ0n) is 19.2. The number of rotatable bonds is 14. The molecule has 1 atom stereocenters. The van der Waals surface area contributed by atoms with Crippen LogP contribution >= 0.6 is 20.0 Å². The Morgan fingerprint density at radius 1 is 1.03 bits per heavy atom. The maximum Gasteiger partial charge on any atom is 0.694 e. The first-order valence-corrected chi connectivity index (χ1v) is 13.9. The van der Waals surface area contributed by atoms with Crippen LogP contribution in [0.4, 0.5) is 13.2 Å². The van der Waals surface area contributed by atoms with E-state index in [1.165, 1.54) is 30.0 Å². The second-order valence-electron chi connectivity index (χ2n) is 8.75. The Morgan fingerprint density at radius 3 is 2.53 bits per heavy atom. The van der Waals surface area contributed by atoms with Gasteiger partial charge in [-0.25, -0.2) is 13.2 Å². The fourth-order valence-electron chi connectivity index (χ4n) is 4.72. The van der Waals surface area contributed by atoms with Gasteiger partial charge in [-0.15, -0.1) is 21.2 Å². The second-order valence-corrected chi connectivity index (χ2v) is 10.6. The van der Waals surface area contributed by atoms with E-state index in [-0.39, 0.29) is 29.9 Å². The van der Waals surface area contributed by atoms with E-state index in [2.05, 4.69) is 9.84 Å². The summed E-state index contributed by atoms with van der Waals surface area (Å²) < 4.78 is 58.3. The summed E-state index contributed by atoms with van der Waals surface area (Å²) in [5.41, 5.74) is 0.974. The average molecular weight is 515 g/mol. The van der Waals surface area contributed by atoms with Crippen LogP contribution in [0.15, 0.2) is 41.3 Å². The summed E-state index contributed by atoms with van der Waals surface area (Å²) >= 11 is 1.31. The molecule has 1 aliphatic rings. The molecule has 0 amide bonds. The summed E-state index contributed by atoms with van der Waals surface area (Å²) in [6.07, 6.45) is 7.41. The lowest BCUT2D eigenvalue weighted by Crippen LogP contribution is -2.23. The van der Waals surface area contributed by atoms with Crippen molar-refractivity contribution in [2.75, 3.05) is 18.9 Å². The Bertz CT molecular complexity index is 957. The van der Waals surface area contributed by atoms with Gasteiger partial charge in [-0.3, -0.25) is 0 Å². The highest BCUT2D eigenvalue weighted by molar-refractivity contribution is 7.99. The van der Waals surface area contributed by atoms with Gasteiger partial charge in [0.15, 0.2) is 0 Å². The van der Waals surface area contributed by atoms with E-state index in [1.54, 1.807) is 6.07 Å². The summed E-state index contributed by atoms with van der Waals surface area (Å²) in [4.78, 5) is 8.85. The van der Waals surface area contributed by atoms with Gasteiger partial charge in [0.1, 0.15) is 24.1 Å². The van der Waals surface area contributed by atoms with Gasteiger partial charge in [0.2, 0.25) is 0 Å². The molecular formula is C25H32F3NO3PS+. The van der Waals surface area contributed by atoms with Crippen LogP contribution in [0.5, 0.6) is 0 Å². The molecule has 4 nitrogen and oxygen atoms in total. The second kappa shape index (κ2) is 13.6. The van der Waals surface area contributed by atoms with Crippen LogP contribution in [0.25, 0.3) is 0 Å². The van der Waals surface area contributed by atoms with Crippen molar-refractivity contribution < 1.29 is 27.2 Å². The summed E-state index contributed by atoms with van der Waals surface area (Å²) in [7, 11) is -2.61. The SMILES string of the molecule is O=[P+](O)OCCCNCc1cc(F)c(SCCCCC2(c3ccccc3F)CCCC2)cc1F. The van der Waals surface area contributed by atoms with Crippen LogP contribution in [-0.2, 0) is 21.0 Å². The third-order valence-corrected chi connectivity index (χ3v) is 7.95. The first kappa shape index (κ1) is 27.2. The van der Waals surface area contributed by atoms with E-state index in [0.717, 1.165) is 50.5 Å². The number of unbranched alkanes of at least 4 members (excludes halogenated alkanes) is 1. The van der Waals surface area contributed by atoms with Gasteiger partial charge < -0.3 is 5.32 Å². The van der Waals surface area contributed by atoms with E-state index in [4.69, 9.17) is 4.89 Å². The van der Waals surface area contributed by atoms with Crippen molar-refractivity contribution in [2.45, 2.75) is 68.2 Å². The predicted octanol–water partition coefficient (Wildman–Crippen LogP) is 7.02. The molecule has 186 valence electrons. The monoisotopic (exact) mass is 514 g/mol. The standard InChI is InChI=1S/C25H31F3NO3PS/c26-21-9-2-1-8-20(21)25(10-3-4-11-25)12-5-6-15-34-24-17-22(27)19(16-23(24)28)18-29-13-7-14-32-33(30)31/h1-2,8-9,16-17,29H,3-7,10-15,18H2/p+1. The highest BCUT2D eigenvalue weighted by atomic mass is 32.2. The smallest absolute Gasteiger partial charge is 0.312 e. The van der Waals surface area contributed by atoms with E-state index in [9.17, 15) is 17.7 Å². The topological polar surface area (TPSA) is 58.6 Å². The minimum absolute atomic E-state index is 0.0934. The van der Waals surface area contributed by atoms with Crippen LogP contribution < -0.4 is 5.32 Å². The van der Waals surface area contributed by atoms with Gasteiger partial charge in [0.05, 0.1) is 0 Å². The molecular weight excluding hydrogens is 482 g/mol. The van der Waals surface area contributed by atoms with Crippen molar-refractivity contribution in [1.29, 1.82) is 0 Å². The molecule has 0 bridgehead atoms. The lowest BCUT2D eigenvalue weighted by atomic mass is 9.75.